The van der Waals surface area contributed by atoms with Crippen molar-refractivity contribution in [2.75, 3.05) is 26.5 Å². The second-order valence-electron chi connectivity index (χ2n) is 6.91. The summed E-state index contributed by atoms with van der Waals surface area (Å²) in [4.78, 5) is 41.1. The number of methoxy groups -OCH3 is 1. The first-order valence-electron chi connectivity index (χ1n) is 8.96. The van der Waals surface area contributed by atoms with Gasteiger partial charge in [0.15, 0.2) is 0 Å². The molecule has 12 heteroatoms. The minimum Gasteiger partial charge on any atom is -0.495 e. The van der Waals surface area contributed by atoms with Crippen LogP contribution in [0.3, 0.4) is 0 Å². The number of sulfonamides is 1. The highest BCUT2D eigenvalue weighted by molar-refractivity contribution is 7.89. The number of rotatable bonds is 5. The Kier molecular flexibility index (Phi) is 5.70. The van der Waals surface area contributed by atoms with Crippen molar-refractivity contribution in [3.63, 3.8) is 0 Å². The summed E-state index contributed by atoms with van der Waals surface area (Å²) in [5.41, 5.74) is -0.691. The van der Waals surface area contributed by atoms with Gasteiger partial charge in [0.05, 0.1) is 18.1 Å². The normalized spacial score (nSPS) is 11.7. The second kappa shape index (κ2) is 7.96. The number of anilines is 1. The Hall–Kier alpha value is -3.51. The summed E-state index contributed by atoms with van der Waals surface area (Å²) in [7, 11) is 3.10. The van der Waals surface area contributed by atoms with Crippen LogP contribution in [-0.4, -0.2) is 54.0 Å². The molecule has 0 aliphatic heterocycles. The van der Waals surface area contributed by atoms with Gasteiger partial charge in [0.25, 0.3) is 11.5 Å². The monoisotopic (exact) mass is 447 g/mol. The summed E-state index contributed by atoms with van der Waals surface area (Å²) in [5, 5.41) is 2.69. The average Bonchev–Trinajstić information content (AvgIpc) is 2.75. The second-order valence-corrected chi connectivity index (χ2v) is 9.03. The van der Waals surface area contributed by atoms with Gasteiger partial charge in [-0.1, -0.05) is 0 Å². The lowest BCUT2D eigenvalue weighted by molar-refractivity contribution is 0.102. The molecule has 2 heterocycles. The molecule has 0 saturated heterocycles. The molecule has 0 aliphatic carbocycles. The molecule has 0 unspecified atom stereocenters. The molecule has 3 aromatic rings. The molecular weight excluding hydrogens is 426 g/mol. The molecule has 0 bridgehead atoms. The van der Waals surface area contributed by atoms with Crippen molar-refractivity contribution < 1.29 is 17.9 Å². The maximum Gasteiger partial charge on any atom is 0.332 e. The fraction of sp³-hybridized carbons (Fsp3) is 0.263. The maximum absolute atomic E-state index is 12.7. The number of hydrogen-bond donors (Lipinski definition) is 1. The van der Waals surface area contributed by atoms with Crippen LogP contribution in [0.15, 0.2) is 44.9 Å². The summed E-state index contributed by atoms with van der Waals surface area (Å²) >= 11 is 0. The molecule has 11 nitrogen and oxygen atoms in total. The van der Waals surface area contributed by atoms with Gasteiger partial charge >= 0.3 is 5.69 Å². The average molecular weight is 447 g/mol. The molecule has 0 radical (unpaired) electrons. The Balaban J connectivity index is 2.03. The maximum atomic E-state index is 12.7. The van der Waals surface area contributed by atoms with Crippen molar-refractivity contribution in [1.82, 2.24) is 18.4 Å². The number of benzene rings is 1. The molecule has 0 atom stereocenters. The minimum absolute atomic E-state index is 0.0658. The lowest BCUT2D eigenvalue weighted by atomic mass is 10.2. The van der Waals surface area contributed by atoms with E-state index in [0.29, 0.717) is 0 Å². The van der Waals surface area contributed by atoms with E-state index in [0.717, 1.165) is 8.87 Å². The van der Waals surface area contributed by atoms with Crippen LogP contribution >= 0.6 is 0 Å². The van der Waals surface area contributed by atoms with Crippen LogP contribution in [0.5, 0.6) is 5.75 Å². The van der Waals surface area contributed by atoms with Crippen LogP contribution in [0, 0.1) is 0 Å². The molecule has 1 amide bonds. The molecule has 0 fully saturated rings. The largest absolute Gasteiger partial charge is 0.495 e. The van der Waals surface area contributed by atoms with E-state index in [1.165, 1.54) is 70.3 Å². The Labute approximate surface area is 177 Å². The summed E-state index contributed by atoms with van der Waals surface area (Å²) in [5.74, 6) is -0.479. The molecule has 164 valence electrons. The molecular formula is C19H21N5O6S. The van der Waals surface area contributed by atoms with Crippen LogP contribution < -0.4 is 21.3 Å². The van der Waals surface area contributed by atoms with Gasteiger partial charge in [0.2, 0.25) is 10.0 Å². The fourth-order valence-electron chi connectivity index (χ4n) is 2.95. The van der Waals surface area contributed by atoms with Gasteiger partial charge in [-0.05, 0) is 24.3 Å². The molecule has 0 spiro atoms. The number of fused-ring (bicyclic) bond motifs is 1. The Morgan fingerprint density at radius 2 is 1.81 bits per heavy atom. The van der Waals surface area contributed by atoms with E-state index in [1.54, 1.807) is 0 Å². The van der Waals surface area contributed by atoms with Gasteiger partial charge < -0.3 is 10.1 Å². The molecule has 3 rings (SSSR count). The van der Waals surface area contributed by atoms with Gasteiger partial charge in [0.1, 0.15) is 16.3 Å². The van der Waals surface area contributed by atoms with Crippen molar-refractivity contribution in [1.29, 1.82) is 0 Å². The number of carbonyl (C=O) groups is 1. The summed E-state index contributed by atoms with van der Waals surface area (Å²) in [6.45, 7) is 0. The number of carbonyl (C=O) groups excluding carboxylic acids is 1. The van der Waals surface area contributed by atoms with Crippen molar-refractivity contribution in [2.45, 2.75) is 4.90 Å². The third-order valence-corrected chi connectivity index (χ3v) is 6.57. The fourth-order valence-corrected chi connectivity index (χ4v) is 4.02. The smallest absolute Gasteiger partial charge is 0.332 e. The highest BCUT2D eigenvalue weighted by atomic mass is 32.2. The topological polar surface area (TPSA) is 133 Å². The molecule has 1 aromatic carbocycles. The van der Waals surface area contributed by atoms with E-state index < -0.39 is 27.2 Å². The molecule has 2 aromatic heterocycles. The number of nitrogens with one attached hydrogen (secondary N) is 1. The molecule has 0 aliphatic rings. The number of aryl methyl sites for hydroxylation is 1. The van der Waals surface area contributed by atoms with Crippen molar-refractivity contribution in [2.24, 2.45) is 14.1 Å². The molecule has 31 heavy (non-hydrogen) atoms. The Bertz CT molecular complexity index is 1420. The van der Waals surface area contributed by atoms with Gasteiger partial charge in [-0.3, -0.25) is 18.7 Å². The first kappa shape index (κ1) is 22.2. The van der Waals surface area contributed by atoms with E-state index in [2.05, 4.69) is 10.3 Å². The van der Waals surface area contributed by atoms with Crippen molar-refractivity contribution in [3.05, 3.63) is 56.9 Å². The number of ether oxygens (including phenoxy) is 1. The van der Waals surface area contributed by atoms with Crippen LogP contribution in [0.1, 0.15) is 10.4 Å². The first-order chi connectivity index (χ1) is 14.5. The van der Waals surface area contributed by atoms with Gasteiger partial charge in [-0.2, -0.15) is 0 Å². The standard InChI is InChI=1S/C19H21N5O6S/c1-22(2)31(28,29)15-9-12(6-7-14(15)30-5)21-17(25)11-8-13-16(20-10-11)23(3)19(27)24(4)18(13)26/h6-10H,1-5H3,(H,21,25). The predicted octanol–water partition coefficient (Wildman–Crippen LogP) is 0.143. The van der Waals surface area contributed by atoms with Crippen molar-refractivity contribution in [3.8, 4) is 5.75 Å². The quantitative estimate of drug-likeness (QED) is 0.588. The van der Waals surface area contributed by atoms with E-state index in [1.807, 2.05) is 0 Å². The zero-order valence-electron chi connectivity index (χ0n) is 17.5. The highest BCUT2D eigenvalue weighted by Crippen LogP contribution is 2.29. The third kappa shape index (κ3) is 3.82. The van der Waals surface area contributed by atoms with Crippen LogP contribution in [0.25, 0.3) is 11.0 Å². The van der Waals surface area contributed by atoms with Crippen molar-refractivity contribution >= 4 is 32.7 Å². The van der Waals surface area contributed by atoms with Crippen LogP contribution in [0.2, 0.25) is 0 Å². The van der Waals surface area contributed by atoms with E-state index in [9.17, 15) is 22.8 Å². The summed E-state index contributed by atoms with van der Waals surface area (Å²) in [6, 6.07) is 5.53. The summed E-state index contributed by atoms with van der Waals surface area (Å²) in [6.07, 6.45) is 1.23. The molecule has 0 saturated carbocycles. The summed E-state index contributed by atoms with van der Waals surface area (Å²) < 4.78 is 33.4. The number of pyridine rings is 1. The number of amides is 1. The predicted molar refractivity (Wildman–Crippen MR) is 114 cm³/mol. The number of nitrogens with zero attached hydrogens (tertiary/aromatic N) is 4. The van der Waals surface area contributed by atoms with Gasteiger partial charge in [0, 0.05) is 40.1 Å². The molecule has 1 N–H and O–H groups in total. The van der Waals surface area contributed by atoms with Crippen LogP contribution in [0.4, 0.5) is 5.69 Å². The van der Waals surface area contributed by atoms with E-state index in [4.69, 9.17) is 4.74 Å². The minimum atomic E-state index is -3.82. The van der Waals surface area contributed by atoms with E-state index >= 15 is 0 Å². The number of aromatic nitrogens is 3. The number of hydrogen-bond acceptors (Lipinski definition) is 7. The zero-order valence-corrected chi connectivity index (χ0v) is 18.3. The lowest BCUT2D eigenvalue weighted by Gasteiger charge is -2.16. The van der Waals surface area contributed by atoms with Gasteiger partial charge in [-0.15, -0.1) is 0 Å². The Morgan fingerprint density at radius 1 is 1.13 bits per heavy atom. The SMILES string of the molecule is COc1ccc(NC(=O)c2cnc3c(c2)c(=O)n(C)c(=O)n3C)cc1S(=O)(=O)N(C)C. The van der Waals surface area contributed by atoms with Crippen LogP contribution in [-0.2, 0) is 24.1 Å². The third-order valence-electron chi connectivity index (χ3n) is 4.74. The first-order valence-corrected chi connectivity index (χ1v) is 10.4. The Morgan fingerprint density at radius 3 is 2.42 bits per heavy atom. The lowest BCUT2D eigenvalue weighted by Crippen LogP contribution is -2.37. The van der Waals surface area contributed by atoms with E-state index in [-0.39, 0.29) is 32.9 Å². The van der Waals surface area contributed by atoms with Gasteiger partial charge in [-0.25, -0.2) is 22.5 Å². The highest BCUT2D eigenvalue weighted by Gasteiger charge is 2.23. The zero-order chi connectivity index (χ0) is 23.1.